The van der Waals surface area contributed by atoms with Gasteiger partial charge in [0.25, 0.3) is 0 Å². The Morgan fingerprint density at radius 3 is 2.48 bits per heavy atom. The molecule has 2 aliphatic heterocycles. The number of halogens is 1. The number of likely N-dealkylation sites (tertiary alicyclic amines) is 1. The van der Waals surface area contributed by atoms with Crippen molar-refractivity contribution >= 4 is 23.2 Å². The zero-order valence-electron chi connectivity index (χ0n) is 16.3. The summed E-state index contributed by atoms with van der Waals surface area (Å²) in [6, 6.07) is 7.90. The summed E-state index contributed by atoms with van der Waals surface area (Å²) in [5.74, 6) is 0.991. The SMILES string of the molecule is O=C1CN(c2cccc(Cl)c2)C2(CCN(CC3CCCCCCC3)CC2)N1. The first-order chi connectivity index (χ1) is 13.1. The van der Waals surface area contributed by atoms with Crippen molar-refractivity contribution in [2.75, 3.05) is 31.1 Å². The minimum atomic E-state index is -0.237. The van der Waals surface area contributed by atoms with E-state index in [2.05, 4.69) is 21.2 Å². The van der Waals surface area contributed by atoms with Gasteiger partial charge in [0.2, 0.25) is 5.91 Å². The van der Waals surface area contributed by atoms with E-state index in [1.54, 1.807) is 0 Å². The van der Waals surface area contributed by atoms with Crippen molar-refractivity contribution in [3.05, 3.63) is 29.3 Å². The monoisotopic (exact) mass is 389 g/mol. The lowest BCUT2D eigenvalue weighted by Gasteiger charge is -2.45. The summed E-state index contributed by atoms with van der Waals surface area (Å²) in [7, 11) is 0. The van der Waals surface area contributed by atoms with Crippen molar-refractivity contribution in [1.82, 2.24) is 10.2 Å². The minimum Gasteiger partial charge on any atom is -0.339 e. The van der Waals surface area contributed by atoms with Gasteiger partial charge in [-0.1, -0.05) is 49.8 Å². The standard InChI is InChI=1S/C22H32ClN3O/c23-19-9-6-10-20(15-19)26-17-21(27)24-22(26)11-13-25(14-12-22)16-18-7-4-2-1-3-5-8-18/h6,9-10,15,18H,1-5,7-8,11-14,16-17H2,(H,24,27). The Morgan fingerprint density at radius 1 is 1.07 bits per heavy atom. The van der Waals surface area contributed by atoms with E-state index in [-0.39, 0.29) is 11.6 Å². The molecule has 0 unspecified atom stereocenters. The van der Waals surface area contributed by atoms with Gasteiger partial charge in [-0.2, -0.15) is 0 Å². The number of anilines is 1. The van der Waals surface area contributed by atoms with Crippen LogP contribution in [0.4, 0.5) is 5.69 Å². The fourth-order valence-electron chi connectivity index (χ4n) is 5.23. The van der Waals surface area contributed by atoms with Crippen molar-refractivity contribution in [2.45, 2.75) is 63.5 Å². The summed E-state index contributed by atoms with van der Waals surface area (Å²) >= 11 is 6.20. The van der Waals surface area contributed by atoms with Gasteiger partial charge in [-0.15, -0.1) is 0 Å². The summed E-state index contributed by atoms with van der Waals surface area (Å²) < 4.78 is 0. The predicted molar refractivity (Wildman–Crippen MR) is 111 cm³/mol. The Balaban J connectivity index is 1.39. The third kappa shape index (κ3) is 4.43. The van der Waals surface area contributed by atoms with Crippen LogP contribution < -0.4 is 10.2 Å². The molecular weight excluding hydrogens is 358 g/mol. The summed E-state index contributed by atoms with van der Waals surface area (Å²) in [5, 5.41) is 4.02. The van der Waals surface area contributed by atoms with Crippen molar-refractivity contribution < 1.29 is 4.79 Å². The van der Waals surface area contributed by atoms with E-state index in [1.807, 2.05) is 18.2 Å². The number of nitrogens with one attached hydrogen (secondary N) is 1. The Morgan fingerprint density at radius 2 is 1.78 bits per heavy atom. The number of hydrogen-bond donors (Lipinski definition) is 1. The lowest BCUT2D eigenvalue weighted by atomic mass is 9.89. The summed E-state index contributed by atoms with van der Waals surface area (Å²) in [4.78, 5) is 17.1. The van der Waals surface area contributed by atoms with E-state index in [0.29, 0.717) is 6.54 Å². The van der Waals surface area contributed by atoms with E-state index in [9.17, 15) is 4.79 Å². The number of rotatable bonds is 3. The number of piperidine rings is 1. The topological polar surface area (TPSA) is 35.6 Å². The average molecular weight is 390 g/mol. The van der Waals surface area contributed by atoms with Crippen molar-refractivity contribution in [3.8, 4) is 0 Å². The molecule has 2 heterocycles. The second-order valence-electron chi connectivity index (χ2n) is 8.66. The molecule has 1 aromatic rings. The van der Waals surface area contributed by atoms with Crippen molar-refractivity contribution in [3.63, 3.8) is 0 Å². The van der Waals surface area contributed by atoms with Gasteiger partial charge >= 0.3 is 0 Å². The molecule has 4 rings (SSSR count). The Bertz CT molecular complexity index is 649. The van der Waals surface area contributed by atoms with Crippen LogP contribution in [0, 0.1) is 5.92 Å². The van der Waals surface area contributed by atoms with E-state index >= 15 is 0 Å². The highest BCUT2D eigenvalue weighted by Crippen LogP contribution is 2.36. The first-order valence-electron chi connectivity index (χ1n) is 10.7. The Hall–Kier alpha value is -1.26. The smallest absolute Gasteiger partial charge is 0.241 e. The largest absolute Gasteiger partial charge is 0.339 e. The van der Waals surface area contributed by atoms with Gasteiger partial charge in [-0.3, -0.25) is 4.79 Å². The molecular formula is C22H32ClN3O. The molecule has 1 aromatic carbocycles. The Kier molecular flexibility index (Phi) is 5.93. The number of nitrogens with zero attached hydrogens (tertiary/aromatic N) is 2. The van der Waals surface area contributed by atoms with Gasteiger partial charge < -0.3 is 15.1 Å². The van der Waals surface area contributed by atoms with Crippen LogP contribution in [0.3, 0.4) is 0 Å². The van der Waals surface area contributed by atoms with Crippen LogP contribution >= 0.6 is 11.6 Å². The van der Waals surface area contributed by atoms with Crippen LogP contribution in [0.25, 0.3) is 0 Å². The first kappa shape index (κ1) is 19.1. The van der Waals surface area contributed by atoms with Gasteiger partial charge in [-0.25, -0.2) is 0 Å². The van der Waals surface area contributed by atoms with Crippen LogP contribution in [0.1, 0.15) is 57.8 Å². The van der Waals surface area contributed by atoms with E-state index < -0.39 is 0 Å². The van der Waals surface area contributed by atoms with Crippen molar-refractivity contribution in [1.29, 1.82) is 0 Å². The molecule has 4 nitrogen and oxygen atoms in total. The number of amides is 1. The maximum Gasteiger partial charge on any atom is 0.241 e. The molecule has 148 valence electrons. The van der Waals surface area contributed by atoms with Crippen LogP contribution in [0.15, 0.2) is 24.3 Å². The zero-order chi connectivity index (χ0) is 18.7. The fraction of sp³-hybridized carbons (Fsp3) is 0.682. The molecule has 5 heteroatoms. The molecule has 2 saturated heterocycles. The van der Waals surface area contributed by atoms with Crippen LogP contribution in [0.5, 0.6) is 0 Å². The maximum absolute atomic E-state index is 12.3. The van der Waals surface area contributed by atoms with Gasteiger partial charge in [0.1, 0.15) is 5.66 Å². The molecule has 1 saturated carbocycles. The normalized spacial score (nSPS) is 24.6. The highest BCUT2D eigenvalue weighted by atomic mass is 35.5. The lowest BCUT2D eigenvalue weighted by Crippen LogP contribution is -2.59. The molecule has 0 bridgehead atoms. The first-order valence-corrected chi connectivity index (χ1v) is 11.1. The molecule has 0 atom stereocenters. The Labute approximate surface area is 168 Å². The number of hydrogen-bond acceptors (Lipinski definition) is 3. The van der Waals surface area contributed by atoms with Gasteiger partial charge in [0.15, 0.2) is 0 Å². The second kappa shape index (κ2) is 8.40. The molecule has 1 N–H and O–H groups in total. The molecule has 0 aromatic heterocycles. The molecule has 0 radical (unpaired) electrons. The van der Waals surface area contributed by atoms with Crippen LogP contribution in [-0.2, 0) is 4.79 Å². The molecule has 1 amide bonds. The van der Waals surface area contributed by atoms with Gasteiger partial charge in [0.05, 0.1) is 6.54 Å². The molecule has 3 fully saturated rings. The van der Waals surface area contributed by atoms with E-state index in [1.165, 1.54) is 51.5 Å². The highest BCUT2D eigenvalue weighted by Gasteiger charge is 2.46. The summed E-state index contributed by atoms with van der Waals surface area (Å²) in [5.41, 5.74) is 0.813. The molecule has 1 spiro atoms. The lowest BCUT2D eigenvalue weighted by molar-refractivity contribution is -0.119. The maximum atomic E-state index is 12.3. The number of carbonyl (C=O) groups is 1. The molecule has 1 aliphatic carbocycles. The van der Waals surface area contributed by atoms with Crippen LogP contribution in [-0.4, -0.2) is 42.6 Å². The number of carbonyl (C=O) groups excluding carboxylic acids is 1. The minimum absolute atomic E-state index is 0.128. The molecule has 27 heavy (non-hydrogen) atoms. The van der Waals surface area contributed by atoms with Crippen LogP contribution in [0.2, 0.25) is 5.02 Å². The van der Waals surface area contributed by atoms with E-state index in [4.69, 9.17) is 11.6 Å². The average Bonchev–Trinajstić information content (AvgIpc) is 2.95. The van der Waals surface area contributed by atoms with Gasteiger partial charge in [-0.05, 0) is 37.0 Å². The summed E-state index contributed by atoms with van der Waals surface area (Å²) in [6.45, 7) is 3.80. The quantitative estimate of drug-likeness (QED) is 0.830. The summed E-state index contributed by atoms with van der Waals surface area (Å²) in [6.07, 6.45) is 11.8. The second-order valence-corrected chi connectivity index (χ2v) is 9.09. The fourth-order valence-corrected chi connectivity index (χ4v) is 5.42. The third-order valence-corrected chi connectivity index (χ3v) is 6.97. The zero-order valence-corrected chi connectivity index (χ0v) is 17.0. The van der Waals surface area contributed by atoms with Gasteiger partial charge in [0, 0.05) is 43.2 Å². The third-order valence-electron chi connectivity index (χ3n) is 6.73. The molecule has 3 aliphatic rings. The van der Waals surface area contributed by atoms with Crippen molar-refractivity contribution in [2.24, 2.45) is 5.92 Å². The predicted octanol–water partition coefficient (Wildman–Crippen LogP) is 4.43. The number of benzene rings is 1. The van der Waals surface area contributed by atoms with E-state index in [0.717, 1.165) is 42.6 Å². The highest BCUT2D eigenvalue weighted by molar-refractivity contribution is 6.30.